The van der Waals surface area contributed by atoms with Gasteiger partial charge in [0, 0.05) is 5.69 Å². The summed E-state index contributed by atoms with van der Waals surface area (Å²) in [5.41, 5.74) is 4.77. The van der Waals surface area contributed by atoms with Gasteiger partial charge in [-0.05, 0) is 34.9 Å². The van der Waals surface area contributed by atoms with Crippen molar-refractivity contribution in [2.45, 2.75) is 18.4 Å². The van der Waals surface area contributed by atoms with Crippen LogP contribution in [0, 0.1) is 0 Å². The van der Waals surface area contributed by atoms with Crippen LogP contribution in [0.1, 0.15) is 35.1 Å². The van der Waals surface area contributed by atoms with Gasteiger partial charge in [0.2, 0.25) is 5.91 Å². The molecule has 0 aliphatic rings. The Morgan fingerprint density at radius 1 is 0.778 bits per heavy atom. The Balaban J connectivity index is 1.50. The van der Waals surface area contributed by atoms with Crippen molar-refractivity contribution in [1.29, 1.82) is 0 Å². The van der Waals surface area contributed by atoms with Crippen LogP contribution in [-0.4, -0.2) is 26.5 Å². The molecule has 0 bridgehead atoms. The van der Waals surface area contributed by atoms with Crippen LogP contribution in [0.15, 0.2) is 116 Å². The van der Waals surface area contributed by atoms with E-state index in [1.807, 2.05) is 114 Å². The van der Waals surface area contributed by atoms with Crippen LogP contribution in [-0.2, 0) is 9.59 Å². The van der Waals surface area contributed by atoms with Crippen molar-refractivity contribution < 1.29 is 14.7 Å². The Morgan fingerprint density at radius 3 is 1.89 bits per heavy atom. The molecule has 0 aliphatic carbocycles. The number of carbonyl (C=O) groups excluding carboxylic acids is 1. The summed E-state index contributed by atoms with van der Waals surface area (Å²) >= 11 is 0. The predicted molar refractivity (Wildman–Crippen MR) is 140 cm³/mol. The van der Waals surface area contributed by atoms with Gasteiger partial charge in [-0.3, -0.25) is 9.59 Å². The Bertz CT molecular complexity index is 1440. The van der Waals surface area contributed by atoms with Gasteiger partial charge in [0.1, 0.15) is 0 Å². The number of carboxylic acid groups (broad SMARTS) is 1. The molecule has 5 aromatic rings. The standard InChI is InChI=1S/C30H25N3O3/c34-28(35)19-26(21-10-4-1-5-11-21)33-20-31-25-17-16-24(18-27(25)33)32-30(36)29(22-12-6-2-7-13-22)23-14-8-3-9-15-23/h1-18,20,26,29H,19H2,(H,32,36)(H,34,35). The summed E-state index contributed by atoms with van der Waals surface area (Å²) < 4.78 is 1.86. The minimum atomic E-state index is -0.899. The number of aromatic nitrogens is 2. The fourth-order valence-electron chi connectivity index (χ4n) is 4.57. The average molecular weight is 476 g/mol. The number of aliphatic carboxylic acids is 1. The molecular formula is C30H25N3O3. The van der Waals surface area contributed by atoms with Crippen molar-refractivity contribution in [2.75, 3.05) is 5.32 Å². The van der Waals surface area contributed by atoms with Crippen LogP contribution in [0.25, 0.3) is 11.0 Å². The molecule has 0 saturated heterocycles. The maximum atomic E-state index is 13.6. The molecule has 36 heavy (non-hydrogen) atoms. The van der Waals surface area contributed by atoms with E-state index in [1.165, 1.54) is 0 Å². The second-order valence-corrected chi connectivity index (χ2v) is 8.62. The molecule has 5 rings (SSSR count). The second-order valence-electron chi connectivity index (χ2n) is 8.62. The third-order valence-corrected chi connectivity index (χ3v) is 6.26. The number of fused-ring (bicyclic) bond motifs is 1. The molecule has 6 heteroatoms. The van der Waals surface area contributed by atoms with Gasteiger partial charge in [0.25, 0.3) is 0 Å². The Labute approximate surface area is 208 Å². The number of anilines is 1. The first kappa shape index (κ1) is 23.1. The SMILES string of the molecule is O=C(O)CC(c1ccccc1)n1cnc2ccc(NC(=O)C(c3ccccc3)c3ccccc3)cc21. The molecule has 0 spiro atoms. The lowest BCUT2D eigenvalue weighted by atomic mass is 9.90. The summed E-state index contributed by atoms with van der Waals surface area (Å²) in [4.78, 5) is 29.7. The van der Waals surface area contributed by atoms with Crippen LogP contribution in [0.5, 0.6) is 0 Å². The maximum Gasteiger partial charge on any atom is 0.305 e. The number of hydrogen-bond acceptors (Lipinski definition) is 3. The number of nitrogens with one attached hydrogen (secondary N) is 1. The number of rotatable bonds is 8. The molecule has 1 heterocycles. The minimum absolute atomic E-state index is 0.0872. The zero-order valence-corrected chi connectivity index (χ0v) is 19.5. The van der Waals surface area contributed by atoms with Gasteiger partial charge in [0.05, 0.1) is 35.7 Å². The second kappa shape index (κ2) is 10.3. The topological polar surface area (TPSA) is 84.2 Å². The zero-order chi connectivity index (χ0) is 24.9. The van der Waals surface area contributed by atoms with E-state index in [0.717, 1.165) is 27.7 Å². The van der Waals surface area contributed by atoms with Gasteiger partial charge in [-0.25, -0.2) is 4.98 Å². The van der Waals surface area contributed by atoms with E-state index in [-0.39, 0.29) is 12.3 Å². The molecule has 0 aliphatic heterocycles. The van der Waals surface area contributed by atoms with Crippen LogP contribution in [0.3, 0.4) is 0 Å². The minimum Gasteiger partial charge on any atom is -0.481 e. The van der Waals surface area contributed by atoms with Crippen molar-refractivity contribution in [3.8, 4) is 0 Å². The van der Waals surface area contributed by atoms with Crippen molar-refractivity contribution >= 4 is 28.6 Å². The third-order valence-electron chi connectivity index (χ3n) is 6.26. The lowest BCUT2D eigenvalue weighted by Gasteiger charge is -2.20. The highest BCUT2D eigenvalue weighted by molar-refractivity contribution is 5.99. The number of carboxylic acids is 1. The molecule has 1 atom stereocenters. The lowest BCUT2D eigenvalue weighted by Crippen LogP contribution is -2.22. The first-order valence-electron chi connectivity index (χ1n) is 11.7. The van der Waals surface area contributed by atoms with Gasteiger partial charge in [0.15, 0.2) is 0 Å². The lowest BCUT2D eigenvalue weighted by molar-refractivity contribution is -0.137. The van der Waals surface area contributed by atoms with E-state index in [0.29, 0.717) is 5.69 Å². The van der Waals surface area contributed by atoms with E-state index in [2.05, 4.69) is 10.3 Å². The Morgan fingerprint density at radius 2 is 1.33 bits per heavy atom. The number of hydrogen-bond donors (Lipinski definition) is 2. The predicted octanol–water partition coefficient (Wildman–Crippen LogP) is 5.87. The summed E-state index contributed by atoms with van der Waals surface area (Å²) in [5.74, 6) is -1.52. The highest BCUT2D eigenvalue weighted by atomic mass is 16.4. The molecular weight excluding hydrogens is 450 g/mol. The van der Waals surface area contributed by atoms with E-state index >= 15 is 0 Å². The maximum absolute atomic E-state index is 13.6. The monoisotopic (exact) mass is 475 g/mol. The molecule has 178 valence electrons. The fourth-order valence-corrected chi connectivity index (χ4v) is 4.57. The van der Waals surface area contributed by atoms with Crippen LogP contribution in [0.4, 0.5) is 5.69 Å². The first-order chi connectivity index (χ1) is 17.6. The van der Waals surface area contributed by atoms with Crippen molar-refractivity contribution in [3.05, 3.63) is 132 Å². The molecule has 0 saturated carbocycles. The summed E-state index contributed by atoms with van der Waals surface area (Å²) in [6.45, 7) is 0. The van der Waals surface area contributed by atoms with E-state index < -0.39 is 17.9 Å². The van der Waals surface area contributed by atoms with Crippen molar-refractivity contribution in [2.24, 2.45) is 0 Å². The molecule has 1 amide bonds. The zero-order valence-electron chi connectivity index (χ0n) is 19.5. The highest BCUT2D eigenvalue weighted by Crippen LogP contribution is 2.30. The van der Waals surface area contributed by atoms with Gasteiger partial charge in [-0.1, -0.05) is 91.0 Å². The normalized spacial score (nSPS) is 11.9. The fraction of sp³-hybridized carbons (Fsp3) is 0.100. The highest BCUT2D eigenvalue weighted by Gasteiger charge is 2.24. The summed E-state index contributed by atoms with van der Waals surface area (Å²) in [7, 11) is 0. The number of amides is 1. The third kappa shape index (κ3) is 4.88. The number of nitrogens with zero attached hydrogens (tertiary/aromatic N) is 2. The molecule has 4 aromatic carbocycles. The van der Waals surface area contributed by atoms with E-state index in [4.69, 9.17) is 0 Å². The Kier molecular flexibility index (Phi) is 6.58. The van der Waals surface area contributed by atoms with Crippen LogP contribution >= 0.6 is 0 Å². The number of benzene rings is 4. The van der Waals surface area contributed by atoms with Crippen LogP contribution in [0.2, 0.25) is 0 Å². The first-order valence-corrected chi connectivity index (χ1v) is 11.7. The quantitative estimate of drug-likeness (QED) is 0.294. The summed E-state index contributed by atoms with van der Waals surface area (Å²) in [6.07, 6.45) is 1.57. The molecule has 6 nitrogen and oxygen atoms in total. The van der Waals surface area contributed by atoms with Gasteiger partial charge < -0.3 is 15.0 Å². The molecule has 1 unspecified atom stereocenters. The van der Waals surface area contributed by atoms with E-state index in [9.17, 15) is 14.7 Å². The molecule has 0 fully saturated rings. The largest absolute Gasteiger partial charge is 0.481 e. The summed E-state index contributed by atoms with van der Waals surface area (Å²) in [5, 5.41) is 12.6. The van der Waals surface area contributed by atoms with Crippen LogP contribution < -0.4 is 5.32 Å². The Hall–Kier alpha value is -4.71. The van der Waals surface area contributed by atoms with Gasteiger partial charge in [-0.15, -0.1) is 0 Å². The average Bonchev–Trinajstić information content (AvgIpc) is 3.32. The van der Waals surface area contributed by atoms with E-state index in [1.54, 1.807) is 6.33 Å². The molecule has 1 aromatic heterocycles. The molecule has 0 radical (unpaired) electrons. The smallest absolute Gasteiger partial charge is 0.305 e. The number of imidazole rings is 1. The molecule has 2 N–H and O–H groups in total. The van der Waals surface area contributed by atoms with Crippen molar-refractivity contribution in [3.63, 3.8) is 0 Å². The summed E-state index contributed by atoms with van der Waals surface area (Å²) in [6, 6.07) is 33.9. The number of carbonyl (C=O) groups is 2. The van der Waals surface area contributed by atoms with Gasteiger partial charge in [-0.2, -0.15) is 0 Å². The van der Waals surface area contributed by atoms with Crippen molar-refractivity contribution in [1.82, 2.24) is 9.55 Å². The van der Waals surface area contributed by atoms with Gasteiger partial charge >= 0.3 is 5.97 Å².